The summed E-state index contributed by atoms with van der Waals surface area (Å²) in [5, 5.41) is 0. The lowest BCUT2D eigenvalue weighted by molar-refractivity contribution is 0.353. The Kier molecular flexibility index (Phi) is 5.11. The zero-order valence-electron chi connectivity index (χ0n) is 20.5. The van der Waals surface area contributed by atoms with E-state index in [1.807, 2.05) is 0 Å². The minimum atomic E-state index is -0.503. The van der Waals surface area contributed by atoms with Gasteiger partial charge in [-0.1, -0.05) is 140 Å². The molecule has 0 aliphatic carbocycles. The molecule has 2 aliphatic heterocycles. The van der Waals surface area contributed by atoms with E-state index in [1.54, 1.807) is 0 Å². The molecule has 5 aromatic rings. The summed E-state index contributed by atoms with van der Waals surface area (Å²) in [7, 11) is 0. The van der Waals surface area contributed by atoms with Gasteiger partial charge in [-0.3, -0.25) is 0 Å². The van der Waals surface area contributed by atoms with Gasteiger partial charge in [-0.25, -0.2) is 4.99 Å². The molecule has 0 radical (unpaired) electrons. The van der Waals surface area contributed by atoms with Crippen LogP contribution in [0, 0.1) is 0 Å². The lowest BCUT2D eigenvalue weighted by atomic mass is 9.61. The second-order valence-corrected chi connectivity index (χ2v) is 9.59. The largest absolute Gasteiger partial charge is 0.325 e. The summed E-state index contributed by atoms with van der Waals surface area (Å²) in [5.74, 6) is 1.09. The molecule has 0 aromatic heterocycles. The standard InChI is InChI=1S/C35H26N2/c1-5-15-26(16-6-1)32(27-17-7-2-8-18-27)33-35(29-20-9-3-10-21-29,30-22-11-4-12-23-30)34-36-31-24-14-13-19-28(31)25-37(33)34/h1-24H,25H2. The number of amidine groups is 1. The van der Waals surface area contributed by atoms with Crippen molar-refractivity contribution in [3.63, 3.8) is 0 Å². The highest BCUT2D eigenvalue weighted by atomic mass is 15.3. The first kappa shape index (κ1) is 21.6. The molecule has 37 heavy (non-hydrogen) atoms. The van der Waals surface area contributed by atoms with E-state index in [0.717, 1.165) is 18.1 Å². The van der Waals surface area contributed by atoms with Crippen LogP contribution in [0.15, 0.2) is 156 Å². The molecule has 7 rings (SSSR count). The Balaban J connectivity index is 1.64. The topological polar surface area (TPSA) is 15.6 Å². The van der Waals surface area contributed by atoms with Crippen molar-refractivity contribution in [3.05, 3.63) is 179 Å². The molecular weight excluding hydrogens is 448 g/mol. The molecule has 0 spiro atoms. The summed E-state index contributed by atoms with van der Waals surface area (Å²) >= 11 is 0. The van der Waals surface area contributed by atoms with E-state index in [-0.39, 0.29) is 0 Å². The molecule has 2 aliphatic rings. The van der Waals surface area contributed by atoms with Crippen LogP contribution in [0.2, 0.25) is 0 Å². The molecule has 2 heteroatoms. The Morgan fingerprint density at radius 2 is 1.00 bits per heavy atom. The Bertz CT molecular complexity index is 1540. The van der Waals surface area contributed by atoms with Gasteiger partial charge in [0, 0.05) is 5.57 Å². The highest BCUT2D eigenvalue weighted by Gasteiger charge is 2.59. The van der Waals surface area contributed by atoms with Crippen LogP contribution < -0.4 is 0 Å². The second-order valence-electron chi connectivity index (χ2n) is 9.59. The minimum Gasteiger partial charge on any atom is -0.325 e. The normalized spacial score (nSPS) is 15.2. The molecule has 5 aromatic carbocycles. The van der Waals surface area contributed by atoms with Crippen molar-refractivity contribution >= 4 is 17.1 Å². The predicted octanol–water partition coefficient (Wildman–Crippen LogP) is 7.99. The van der Waals surface area contributed by atoms with Gasteiger partial charge in [-0.15, -0.1) is 0 Å². The predicted molar refractivity (Wildman–Crippen MR) is 152 cm³/mol. The Morgan fingerprint density at radius 1 is 0.541 bits per heavy atom. The van der Waals surface area contributed by atoms with Crippen LogP contribution in [-0.4, -0.2) is 10.7 Å². The van der Waals surface area contributed by atoms with E-state index in [0.29, 0.717) is 0 Å². The van der Waals surface area contributed by atoms with Gasteiger partial charge in [0.25, 0.3) is 0 Å². The SMILES string of the molecule is c1ccc(C(=C2N3Cc4ccccc4N=C3C2(c2ccccc2)c2ccccc2)c2ccccc2)cc1. The molecular formula is C35H26N2. The monoisotopic (exact) mass is 474 g/mol. The van der Waals surface area contributed by atoms with Crippen molar-refractivity contribution in [2.75, 3.05) is 0 Å². The highest BCUT2D eigenvalue weighted by Crippen LogP contribution is 2.57. The molecule has 1 fully saturated rings. The summed E-state index contributed by atoms with van der Waals surface area (Å²) in [5.41, 5.74) is 9.20. The summed E-state index contributed by atoms with van der Waals surface area (Å²) in [4.78, 5) is 7.79. The summed E-state index contributed by atoms with van der Waals surface area (Å²) < 4.78 is 0. The summed E-state index contributed by atoms with van der Waals surface area (Å²) in [6.07, 6.45) is 0. The van der Waals surface area contributed by atoms with E-state index in [2.05, 4.69) is 150 Å². The van der Waals surface area contributed by atoms with Crippen molar-refractivity contribution in [2.24, 2.45) is 4.99 Å². The summed E-state index contributed by atoms with van der Waals surface area (Å²) in [6.45, 7) is 0.801. The van der Waals surface area contributed by atoms with E-state index in [4.69, 9.17) is 4.99 Å². The lowest BCUT2D eigenvalue weighted by Crippen LogP contribution is -2.63. The van der Waals surface area contributed by atoms with Crippen LogP contribution in [0.25, 0.3) is 5.57 Å². The fraction of sp³-hybridized carbons (Fsp3) is 0.0571. The zero-order chi connectivity index (χ0) is 24.7. The molecule has 2 nitrogen and oxygen atoms in total. The molecule has 0 unspecified atom stereocenters. The Hall–Kier alpha value is -4.69. The van der Waals surface area contributed by atoms with Crippen LogP contribution in [0.4, 0.5) is 5.69 Å². The molecule has 2 heterocycles. The van der Waals surface area contributed by atoms with Crippen molar-refractivity contribution in [2.45, 2.75) is 12.0 Å². The fourth-order valence-corrected chi connectivity index (χ4v) is 5.95. The molecule has 0 atom stereocenters. The molecule has 1 saturated heterocycles. The summed E-state index contributed by atoms with van der Waals surface area (Å²) in [6, 6.07) is 51.9. The number of para-hydroxylation sites is 1. The number of benzene rings is 5. The van der Waals surface area contributed by atoms with Gasteiger partial charge in [-0.2, -0.15) is 0 Å². The zero-order valence-corrected chi connectivity index (χ0v) is 20.5. The molecule has 0 amide bonds. The maximum Gasteiger partial charge on any atom is 0.131 e. The molecule has 0 N–H and O–H groups in total. The van der Waals surface area contributed by atoms with Crippen LogP contribution >= 0.6 is 0 Å². The van der Waals surface area contributed by atoms with Gasteiger partial charge < -0.3 is 4.90 Å². The van der Waals surface area contributed by atoms with Crippen LogP contribution in [0.5, 0.6) is 0 Å². The van der Waals surface area contributed by atoms with E-state index in [1.165, 1.54) is 39.1 Å². The average molecular weight is 475 g/mol. The fourth-order valence-electron chi connectivity index (χ4n) is 5.95. The smallest absolute Gasteiger partial charge is 0.131 e. The third-order valence-corrected chi connectivity index (χ3v) is 7.54. The van der Waals surface area contributed by atoms with Gasteiger partial charge in [0.05, 0.1) is 17.9 Å². The minimum absolute atomic E-state index is 0.503. The highest BCUT2D eigenvalue weighted by molar-refractivity contribution is 6.13. The van der Waals surface area contributed by atoms with E-state index >= 15 is 0 Å². The van der Waals surface area contributed by atoms with Crippen molar-refractivity contribution in [1.29, 1.82) is 0 Å². The van der Waals surface area contributed by atoms with Crippen molar-refractivity contribution in [3.8, 4) is 0 Å². The van der Waals surface area contributed by atoms with Crippen molar-refractivity contribution in [1.82, 2.24) is 4.90 Å². The van der Waals surface area contributed by atoms with Crippen LogP contribution in [0.3, 0.4) is 0 Å². The number of aliphatic imine (C=N–C) groups is 1. The number of fused-ring (bicyclic) bond motifs is 2. The van der Waals surface area contributed by atoms with Crippen molar-refractivity contribution < 1.29 is 0 Å². The van der Waals surface area contributed by atoms with Crippen LogP contribution in [-0.2, 0) is 12.0 Å². The maximum atomic E-state index is 5.35. The van der Waals surface area contributed by atoms with Crippen LogP contribution in [0.1, 0.15) is 27.8 Å². The third-order valence-electron chi connectivity index (χ3n) is 7.54. The number of rotatable bonds is 4. The van der Waals surface area contributed by atoms with Gasteiger partial charge in [0.1, 0.15) is 11.3 Å². The molecule has 0 saturated carbocycles. The maximum absolute atomic E-state index is 5.35. The quantitative estimate of drug-likeness (QED) is 0.258. The number of nitrogens with zero attached hydrogens (tertiary/aromatic N) is 2. The van der Waals surface area contributed by atoms with E-state index < -0.39 is 5.41 Å². The first-order valence-electron chi connectivity index (χ1n) is 12.8. The first-order chi connectivity index (χ1) is 18.4. The second kappa shape index (κ2) is 8.76. The van der Waals surface area contributed by atoms with Gasteiger partial charge in [-0.05, 0) is 33.9 Å². The number of hydrogen-bond acceptors (Lipinski definition) is 2. The molecule has 176 valence electrons. The third kappa shape index (κ3) is 3.30. The van der Waals surface area contributed by atoms with Gasteiger partial charge >= 0.3 is 0 Å². The average Bonchev–Trinajstić information content (AvgIpc) is 2.98. The molecule has 0 bridgehead atoms. The Morgan fingerprint density at radius 3 is 1.54 bits per heavy atom. The Labute approximate surface area is 217 Å². The number of hydrogen-bond donors (Lipinski definition) is 0. The first-order valence-corrected chi connectivity index (χ1v) is 12.8. The van der Waals surface area contributed by atoms with E-state index in [9.17, 15) is 0 Å². The van der Waals surface area contributed by atoms with Gasteiger partial charge in [0.15, 0.2) is 0 Å². The van der Waals surface area contributed by atoms with Gasteiger partial charge in [0.2, 0.25) is 0 Å². The lowest BCUT2D eigenvalue weighted by Gasteiger charge is -2.57.